The number of benzene rings is 3. The number of carbonyl (C=O) groups is 2. The molecule has 0 atom stereocenters. The third-order valence-electron chi connectivity index (χ3n) is 5.00. The fourth-order valence-electron chi connectivity index (χ4n) is 3.09. The van der Waals surface area contributed by atoms with E-state index in [4.69, 9.17) is 5.11 Å². The lowest BCUT2D eigenvalue weighted by Gasteiger charge is -2.21. The van der Waals surface area contributed by atoms with Gasteiger partial charge in [0.1, 0.15) is 17.2 Å². The van der Waals surface area contributed by atoms with E-state index in [1.165, 1.54) is 43.4 Å². The molecule has 0 saturated heterocycles. The van der Waals surface area contributed by atoms with Gasteiger partial charge < -0.3 is 15.7 Å². The molecule has 3 N–H and O–H groups in total. The summed E-state index contributed by atoms with van der Waals surface area (Å²) in [5.41, 5.74) is 1.02. The van der Waals surface area contributed by atoms with Crippen LogP contribution in [0.2, 0.25) is 0 Å². The number of aliphatic carboxylic acids is 1. The highest BCUT2D eigenvalue weighted by molar-refractivity contribution is 7.22. The lowest BCUT2D eigenvalue weighted by molar-refractivity contribution is -0.143. The molecule has 6 nitrogen and oxygen atoms in total. The largest absolute Gasteiger partial charge is 0.480 e. The van der Waals surface area contributed by atoms with Crippen LogP contribution in [0.4, 0.5) is 19.6 Å². The molecule has 0 fully saturated rings. The molecule has 0 unspecified atom stereocenters. The van der Waals surface area contributed by atoms with E-state index >= 15 is 0 Å². The van der Waals surface area contributed by atoms with Crippen molar-refractivity contribution in [1.29, 1.82) is 0 Å². The number of fused-ring (bicyclic) bond motifs is 1. The number of carboxylic acids is 1. The third-order valence-corrected chi connectivity index (χ3v) is 5.94. The molecule has 0 aliphatic carbocycles. The molecule has 168 valence electrons. The highest BCUT2D eigenvalue weighted by Gasteiger charge is 2.29. The molecule has 4 aromatic rings. The van der Waals surface area contributed by atoms with Crippen LogP contribution in [-0.2, 0) is 4.79 Å². The van der Waals surface area contributed by atoms with Crippen molar-refractivity contribution < 1.29 is 23.5 Å². The summed E-state index contributed by atoms with van der Waals surface area (Å²) in [5, 5.41) is 15.0. The normalized spacial score (nSPS) is 11.4. The number of aromatic nitrogens is 1. The number of hydrogen-bond acceptors (Lipinski definition) is 5. The predicted molar refractivity (Wildman–Crippen MR) is 124 cm³/mol. The first-order valence-electron chi connectivity index (χ1n) is 9.91. The summed E-state index contributed by atoms with van der Waals surface area (Å²) in [4.78, 5) is 27.8. The molecule has 0 aliphatic heterocycles. The number of nitrogens with one attached hydrogen (secondary N) is 2. The van der Waals surface area contributed by atoms with Crippen molar-refractivity contribution in [3.05, 3.63) is 77.9 Å². The molecule has 1 heterocycles. The van der Waals surface area contributed by atoms with Crippen LogP contribution in [0.5, 0.6) is 0 Å². The van der Waals surface area contributed by atoms with Crippen LogP contribution in [0, 0.1) is 11.6 Å². The molecule has 33 heavy (non-hydrogen) atoms. The highest BCUT2D eigenvalue weighted by atomic mass is 32.1. The fourth-order valence-corrected chi connectivity index (χ4v) is 3.99. The van der Waals surface area contributed by atoms with Gasteiger partial charge in [-0.2, -0.15) is 0 Å². The summed E-state index contributed by atoms with van der Waals surface area (Å²) in [6.07, 6.45) is 0. The van der Waals surface area contributed by atoms with E-state index in [0.717, 1.165) is 0 Å². The van der Waals surface area contributed by atoms with Crippen molar-refractivity contribution >= 4 is 44.2 Å². The van der Waals surface area contributed by atoms with E-state index in [0.29, 0.717) is 32.0 Å². The Morgan fingerprint density at radius 2 is 1.67 bits per heavy atom. The van der Waals surface area contributed by atoms with Gasteiger partial charge >= 0.3 is 5.97 Å². The third kappa shape index (κ3) is 4.83. The van der Waals surface area contributed by atoms with Gasteiger partial charge in [0.05, 0.1) is 15.9 Å². The van der Waals surface area contributed by atoms with Crippen LogP contribution in [0.15, 0.2) is 60.7 Å². The number of hydrogen-bond donors (Lipinski definition) is 3. The molecule has 0 saturated carbocycles. The standard InChI is InChI=1S/C24H19F2N3O3S/c1-24(2,22(31)32)29-21(30)14-5-3-13(4-6-14)15-7-9-18(17(26)11-15)27-23-28-19-10-8-16(25)12-20(19)33-23/h3-12H,1-2H3,(H,27,28)(H,29,30)(H,31,32). The van der Waals surface area contributed by atoms with Crippen LogP contribution < -0.4 is 10.6 Å². The average molecular weight is 467 g/mol. The second kappa shape index (κ2) is 8.59. The van der Waals surface area contributed by atoms with Crippen LogP contribution in [-0.4, -0.2) is 27.5 Å². The lowest BCUT2D eigenvalue weighted by atomic mass is 10.0. The first-order chi connectivity index (χ1) is 15.6. The zero-order chi connectivity index (χ0) is 23.8. The maximum atomic E-state index is 14.7. The Kier molecular flexibility index (Phi) is 5.82. The van der Waals surface area contributed by atoms with Crippen molar-refractivity contribution in [1.82, 2.24) is 10.3 Å². The Hall–Kier alpha value is -3.85. The molecule has 3 aromatic carbocycles. The Morgan fingerprint density at radius 3 is 2.33 bits per heavy atom. The van der Waals surface area contributed by atoms with E-state index in [2.05, 4.69) is 15.6 Å². The summed E-state index contributed by atoms with van der Waals surface area (Å²) in [6.45, 7) is 2.79. The average Bonchev–Trinajstić information content (AvgIpc) is 3.16. The minimum atomic E-state index is -1.40. The van der Waals surface area contributed by atoms with Gasteiger partial charge in [-0.3, -0.25) is 4.79 Å². The number of nitrogens with zero attached hydrogens (tertiary/aromatic N) is 1. The molecule has 0 spiro atoms. The number of anilines is 2. The SMILES string of the molecule is CC(C)(NC(=O)c1ccc(-c2ccc(Nc3nc4ccc(F)cc4s3)c(F)c2)cc1)C(=O)O. The van der Waals surface area contributed by atoms with Gasteiger partial charge in [-0.05, 0) is 67.4 Å². The minimum absolute atomic E-state index is 0.227. The smallest absolute Gasteiger partial charge is 0.328 e. The molecule has 0 radical (unpaired) electrons. The van der Waals surface area contributed by atoms with Crippen molar-refractivity contribution in [2.24, 2.45) is 0 Å². The van der Waals surface area contributed by atoms with E-state index in [-0.39, 0.29) is 11.5 Å². The van der Waals surface area contributed by atoms with Crippen LogP contribution >= 0.6 is 11.3 Å². The molecular formula is C24H19F2N3O3S. The second-order valence-electron chi connectivity index (χ2n) is 7.91. The van der Waals surface area contributed by atoms with Crippen molar-refractivity contribution in [2.75, 3.05) is 5.32 Å². The van der Waals surface area contributed by atoms with Gasteiger partial charge in [-0.1, -0.05) is 29.5 Å². The first-order valence-corrected chi connectivity index (χ1v) is 10.7. The van der Waals surface area contributed by atoms with E-state index < -0.39 is 23.2 Å². The van der Waals surface area contributed by atoms with Gasteiger partial charge in [-0.15, -0.1) is 0 Å². The van der Waals surface area contributed by atoms with Gasteiger partial charge in [0.15, 0.2) is 5.13 Å². The molecule has 0 bridgehead atoms. The molecule has 1 amide bonds. The summed E-state index contributed by atoms with van der Waals surface area (Å²) in [7, 11) is 0. The first kappa shape index (κ1) is 22.3. The quantitative estimate of drug-likeness (QED) is 0.344. The number of carbonyl (C=O) groups excluding carboxylic acids is 1. The van der Waals surface area contributed by atoms with E-state index in [1.54, 1.807) is 42.5 Å². The molecule has 0 aliphatic rings. The van der Waals surface area contributed by atoms with Crippen molar-refractivity contribution in [2.45, 2.75) is 19.4 Å². The van der Waals surface area contributed by atoms with Gasteiger partial charge in [-0.25, -0.2) is 18.6 Å². The zero-order valence-electron chi connectivity index (χ0n) is 17.6. The topological polar surface area (TPSA) is 91.3 Å². The van der Waals surface area contributed by atoms with Crippen LogP contribution in [0.1, 0.15) is 24.2 Å². The van der Waals surface area contributed by atoms with Crippen molar-refractivity contribution in [3.8, 4) is 11.1 Å². The molecule has 1 aromatic heterocycles. The number of amides is 1. The number of carboxylic acid groups (broad SMARTS) is 1. The number of rotatable bonds is 6. The summed E-state index contributed by atoms with van der Waals surface area (Å²) < 4.78 is 28.8. The second-order valence-corrected chi connectivity index (χ2v) is 8.94. The highest BCUT2D eigenvalue weighted by Crippen LogP contribution is 2.31. The monoisotopic (exact) mass is 467 g/mol. The Bertz CT molecular complexity index is 1370. The summed E-state index contributed by atoms with van der Waals surface area (Å²) in [5.74, 6) is -2.52. The summed E-state index contributed by atoms with van der Waals surface area (Å²) >= 11 is 1.22. The van der Waals surface area contributed by atoms with Gasteiger partial charge in [0.2, 0.25) is 0 Å². The Morgan fingerprint density at radius 1 is 0.970 bits per heavy atom. The minimum Gasteiger partial charge on any atom is -0.480 e. The van der Waals surface area contributed by atoms with E-state index in [1.807, 2.05) is 0 Å². The van der Waals surface area contributed by atoms with E-state index in [9.17, 15) is 18.4 Å². The number of halogens is 2. The Labute approximate surface area is 191 Å². The Balaban J connectivity index is 1.50. The zero-order valence-corrected chi connectivity index (χ0v) is 18.5. The maximum Gasteiger partial charge on any atom is 0.328 e. The predicted octanol–water partition coefficient (Wildman–Crippen LogP) is 5.58. The van der Waals surface area contributed by atoms with Crippen molar-refractivity contribution in [3.63, 3.8) is 0 Å². The molecule has 4 rings (SSSR count). The fraction of sp³-hybridized carbons (Fsp3) is 0.125. The molecule has 9 heteroatoms. The van der Waals surface area contributed by atoms with Gasteiger partial charge in [0, 0.05) is 5.56 Å². The maximum absolute atomic E-state index is 14.7. The lowest BCUT2D eigenvalue weighted by Crippen LogP contribution is -2.49. The van der Waals surface area contributed by atoms with Gasteiger partial charge in [0.25, 0.3) is 5.91 Å². The van der Waals surface area contributed by atoms with Crippen LogP contribution in [0.25, 0.3) is 21.3 Å². The number of thiazole rings is 1. The molecular weight excluding hydrogens is 448 g/mol. The van der Waals surface area contributed by atoms with Crippen LogP contribution in [0.3, 0.4) is 0 Å². The summed E-state index contributed by atoms with van der Waals surface area (Å²) in [6, 6.07) is 15.3.